The minimum absolute atomic E-state index is 0.140. The monoisotopic (exact) mass is 298 g/mol. The second kappa shape index (κ2) is 5.54. The molecule has 0 bridgehead atoms. The van der Waals surface area contributed by atoms with E-state index in [1.807, 2.05) is 6.92 Å². The van der Waals surface area contributed by atoms with Gasteiger partial charge in [-0.25, -0.2) is 8.42 Å². The van der Waals surface area contributed by atoms with E-state index >= 15 is 0 Å². The molecule has 0 saturated carbocycles. The van der Waals surface area contributed by atoms with Crippen molar-refractivity contribution in [2.45, 2.75) is 19.1 Å². The van der Waals surface area contributed by atoms with Crippen molar-refractivity contribution in [1.29, 1.82) is 0 Å². The summed E-state index contributed by atoms with van der Waals surface area (Å²) in [5, 5.41) is 8.73. The van der Waals surface area contributed by atoms with Crippen LogP contribution in [0.3, 0.4) is 0 Å². The van der Waals surface area contributed by atoms with Crippen LogP contribution in [0.2, 0.25) is 0 Å². The van der Waals surface area contributed by atoms with E-state index in [0.717, 1.165) is 11.4 Å². The Morgan fingerprint density at radius 3 is 2.79 bits per heavy atom. The molecule has 19 heavy (non-hydrogen) atoms. The molecule has 2 aromatic rings. The van der Waals surface area contributed by atoms with Crippen LogP contribution in [0.1, 0.15) is 17.5 Å². The summed E-state index contributed by atoms with van der Waals surface area (Å²) in [7, 11) is -3.50. The molecule has 1 aromatic carbocycles. The van der Waals surface area contributed by atoms with Crippen LogP contribution < -0.4 is 10.5 Å². The van der Waals surface area contributed by atoms with Gasteiger partial charge in [0, 0.05) is 5.69 Å². The lowest BCUT2D eigenvalue weighted by molar-refractivity contribution is 0.600. The van der Waals surface area contributed by atoms with E-state index in [0.29, 0.717) is 16.4 Å². The van der Waals surface area contributed by atoms with Crippen LogP contribution in [0.5, 0.6) is 0 Å². The van der Waals surface area contributed by atoms with E-state index in [1.54, 1.807) is 24.3 Å². The summed E-state index contributed by atoms with van der Waals surface area (Å²) < 4.78 is 26.3. The molecule has 1 aromatic heterocycles. The van der Waals surface area contributed by atoms with Crippen molar-refractivity contribution in [2.75, 3.05) is 10.5 Å². The molecule has 2 rings (SSSR count). The van der Waals surface area contributed by atoms with E-state index < -0.39 is 10.0 Å². The average molecular weight is 298 g/mol. The van der Waals surface area contributed by atoms with Crippen LogP contribution in [0.15, 0.2) is 24.3 Å². The van der Waals surface area contributed by atoms with Gasteiger partial charge in [-0.2, -0.15) is 0 Å². The van der Waals surface area contributed by atoms with E-state index in [1.165, 1.54) is 11.3 Å². The maximum Gasteiger partial charge on any atom is 0.238 e. The van der Waals surface area contributed by atoms with Crippen molar-refractivity contribution in [1.82, 2.24) is 10.2 Å². The second-order valence-corrected chi connectivity index (χ2v) is 6.75. The van der Waals surface area contributed by atoms with Gasteiger partial charge in [-0.1, -0.05) is 30.4 Å². The molecular formula is C11H14N4O2S2. The fourth-order valence-electron chi connectivity index (χ4n) is 1.51. The topological polar surface area (TPSA) is 98.0 Å². The highest BCUT2D eigenvalue weighted by atomic mass is 32.2. The number of nitrogens with one attached hydrogen (secondary N) is 1. The third kappa shape index (κ3) is 3.90. The summed E-state index contributed by atoms with van der Waals surface area (Å²) >= 11 is 1.24. The summed E-state index contributed by atoms with van der Waals surface area (Å²) in [6.45, 7) is 1.94. The molecule has 0 aliphatic heterocycles. The maximum atomic E-state index is 12.0. The number of nitrogen functional groups attached to an aromatic ring is 1. The zero-order chi connectivity index (χ0) is 13.9. The predicted molar refractivity (Wildman–Crippen MR) is 76.4 cm³/mol. The summed E-state index contributed by atoms with van der Waals surface area (Å²) in [6, 6.07) is 6.78. The van der Waals surface area contributed by atoms with Crippen LogP contribution in [0.25, 0.3) is 0 Å². The average Bonchev–Trinajstić information content (AvgIpc) is 2.75. The zero-order valence-corrected chi connectivity index (χ0v) is 12.0. The number of hydrogen-bond donors (Lipinski definition) is 2. The Hall–Kier alpha value is -1.67. The lowest BCUT2D eigenvalue weighted by Crippen LogP contribution is -2.15. The van der Waals surface area contributed by atoms with Crippen LogP contribution in [0.4, 0.5) is 10.8 Å². The fourth-order valence-corrected chi connectivity index (χ4v) is 3.58. The molecule has 8 heteroatoms. The first-order valence-corrected chi connectivity index (χ1v) is 8.12. The molecule has 0 saturated heterocycles. The summed E-state index contributed by atoms with van der Waals surface area (Å²) in [4.78, 5) is 0. The molecule has 6 nitrogen and oxygen atoms in total. The van der Waals surface area contributed by atoms with Gasteiger partial charge in [-0.05, 0) is 24.1 Å². The Morgan fingerprint density at radius 2 is 2.16 bits per heavy atom. The molecule has 0 spiro atoms. The number of benzene rings is 1. The van der Waals surface area contributed by atoms with Crippen molar-refractivity contribution in [3.8, 4) is 0 Å². The normalized spacial score (nSPS) is 11.4. The molecule has 0 aliphatic rings. The van der Waals surface area contributed by atoms with Crippen LogP contribution >= 0.6 is 11.3 Å². The molecule has 102 valence electrons. The molecule has 0 radical (unpaired) electrons. The number of sulfonamides is 1. The van der Waals surface area contributed by atoms with Crippen LogP contribution in [0, 0.1) is 0 Å². The smallest absolute Gasteiger partial charge is 0.238 e. The number of hydrogen-bond acceptors (Lipinski definition) is 6. The van der Waals surface area contributed by atoms with Gasteiger partial charge in [0.2, 0.25) is 15.2 Å². The van der Waals surface area contributed by atoms with Gasteiger partial charge >= 0.3 is 0 Å². The van der Waals surface area contributed by atoms with Crippen LogP contribution in [-0.4, -0.2) is 18.6 Å². The third-order valence-electron chi connectivity index (χ3n) is 2.32. The Bertz CT molecular complexity index is 667. The molecular weight excluding hydrogens is 284 g/mol. The van der Waals surface area contributed by atoms with Crippen molar-refractivity contribution in [3.63, 3.8) is 0 Å². The quantitative estimate of drug-likeness (QED) is 0.817. The largest absolute Gasteiger partial charge is 0.399 e. The lowest BCUT2D eigenvalue weighted by Gasteiger charge is -2.05. The van der Waals surface area contributed by atoms with Crippen molar-refractivity contribution in [2.24, 2.45) is 0 Å². The second-order valence-electron chi connectivity index (χ2n) is 3.96. The minimum atomic E-state index is -3.50. The Labute approximate surface area is 115 Å². The summed E-state index contributed by atoms with van der Waals surface area (Å²) in [5.41, 5.74) is 6.79. The predicted octanol–water partition coefficient (Wildman–Crippen LogP) is 1.62. The molecule has 0 atom stereocenters. The van der Waals surface area contributed by atoms with Gasteiger partial charge in [0.15, 0.2) is 0 Å². The third-order valence-corrected chi connectivity index (χ3v) is 4.65. The van der Waals surface area contributed by atoms with E-state index in [2.05, 4.69) is 14.9 Å². The molecule has 1 heterocycles. The molecule has 0 unspecified atom stereocenters. The number of aromatic nitrogens is 2. The highest BCUT2D eigenvalue weighted by Crippen LogP contribution is 2.18. The number of nitrogens with two attached hydrogens (primary N) is 1. The minimum Gasteiger partial charge on any atom is -0.399 e. The van der Waals surface area contributed by atoms with Crippen molar-refractivity contribution < 1.29 is 8.42 Å². The molecule has 3 N–H and O–H groups in total. The fraction of sp³-hybridized carbons (Fsp3) is 0.273. The first-order valence-electron chi connectivity index (χ1n) is 5.66. The van der Waals surface area contributed by atoms with Gasteiger partial charge in [0.1, 0.15) is 5.01 Å². The van der Waals surface area contributed by atoms with E-state index in [4.69, 9.17) is 5.73 Å². The van der Waals surface area contributed by atoms with Gasteiger partial charge in [0.05, 0.1) is 5.75 Å². The standard InChI is InChI=1S/C11H14N4O2S2/c1-2-10-13-14-11(18-10)15-19(16,17)7-8-4-3-5-9(12)6-8/h3-6H,2,7,12H2,1H3,(H,14,15). The van der Waals surface area contributed by atoms with Gasteiger partial charge in [0.25, 0.3) is 0 Å². The summed E-state index contributed by atoms with van der Waals surface area (Å²) in [6.07, 6.45) is 0.731. The Morgan fingerprint density at radius 1 is 1.37 bits per heavy atom. The zero-order valence-electron chi connectivity index (χ0n) is 10.3. The van der Waals surface area contributed by atoms with Crippen LogP contribution in [-0.2, 0) is 22.2 Å². The lowest BCUT2D eigenvalue weighted by atomic mass is 10.2. The van der Waals surface area contributed by atoms with Gasteiger partial charge < -0.3 is 5.73 Å². The van der Waals surface area contributed by atoms with E-state index in [9.17, 15) is 8.42 Å². The SMILES string of the molecule is CCc1nnc(NS(=O)(=O)Cc2cccc(N)c2)s1. The Balaban J connectivity index is 2.10. The van der Waals surface area contributed by atoms with Crippen molar-refractivity contribution >= 4 is 32.2 Å². The first kappa shape index (κ1) is 13.8. The highest BCUT2D eigenvalue weighted by molar-refractivity contribution is 7.92. The Kier molecular flexibility index (Phi) is 4.01. The number of anilines is 2. The number of rotatable bonds is 5. The summed E-state index contributed by atoms with van der Waals surface area (Å²) in [5.74, 6) is -0.140. The highest BCUT2D eigenvalue weighted by Gasteiger charge is 2.14. The van der Waals surface area contributed by atoms with E-state index in [-0.39, 0.29) is 5.75 Å². The van der Waals surface area contributed by atoms with Gasteiger partial charge in [-0.3, -0.25) is 4.72 Å². The molecule has 0 aliphatic carbocycles. The van der Waals surface area contributed by atoms with Crippen molar-refractivity contribution in [3.05, 3.63) is 34.8 Å². The molecule has 0 fully saturated rings. The number of aryl methyl sites for hydroxylation is 1. The molecule has 0 amide bonds. The maximum absolute atomic E-state index is 12.0. The number of nitrogens with zero attached hydrogens (tertiary/aromatic N) is 2. The van der Waals surface area contributed by atoms with Gasteiger partial charge in [-0.15, -0.1) is 10.2 Å². The first-order chi connectivity index (χ1) is 8.98.